The van der Waals surface area contributed by atoms with Crippen molar-refractivity contribution in [3.63, 3.8) is 0 Å². The summed E-state index contributed by atoms with van der Waals surface area (Å²) in [4.78, 5) is 14.7. The van der Waals surface area contributed by atoms with E-state index in [1.807, 2.05) is 37.8 Å². The minimum absolute atomic E-state index is 0.236. The van der Waals surface area contributed by atoms with Crippen molar-refractivity contribution in [1.29, 1.82) is 0 Å². The maximum Gasteiger partial charge on any atom is 0.415 e. The molecule has 22 heavy (non-hydrogen) atoms. The first kappa shape index (κ1) is 16.1. The highest BCUT2D eigenvalue weighted by molar-refractivity contribution is 9.10. The number of rotatable bonds is 1. The Kier molecular flexibility index (Phi) is 4.19. The highest BCUT2D eigenvalue weighted by Crippen LogP contribution is 2.46. The average Bonchev–Trinajstić information content (AvgIpc) is 3.19. The molecule has 1 aliphatic heterocycles. The second-order valence-electron chi connectivity index (χ2n) is 7.19. The summed E-state index contributed by atoms with van der Waals surface area (Å²) in [6.07, 6.45) is 4.07. The first-order valence-corrected chi connectivity index (χ1v) is 8.93. The van der Waals surface area contributed by atoms with Gasteiger partial charge in [0.1, 0.15) is 5.60 Å². The molecule has 3 nitrogen and oxygen atoms in total. The highest BCUT2D eigenvalue weighted by Gasteiger charge is 2.43. The molecule has 0 radical (unpaired) electrons. The van der Waals surface area contributed by atoms with E-state index in [1.54, 1.807) is 0 Å². The molecule has 0 aromatic heterocycles. The van der Waals surface area contributed by atoms with Gasteiger partial charge < -0.3 is 4.74 Å². The van der Waals surface area contributed by atoms with E-state index < -0.39 is 5.60 Å². The Morgan fingerprint density at radius 2 is 2.00 bits per heavy atom. The van der Waals surface area contributed by atoms with E-state index in [9.17, 15) is 4.79 Å². The van der Waals surface area contributed by atoms with E-state index in [4.69, 9.17) is 16.3 Å². The van der Waals surface area contributed by atoms with Crippen molar-refractivity contribution in [1.82, 2.24) is 0 Å². The molecule has 1 heterocycles. The normalized spacial score (nSPS) is 21.5. The molecule has 1 aliphatic carbocycles. The maximum atomic E-state index is 12.8. The van der Waals surface area contributed by atoms with Crippen LogP contribution in [-0.4, -0.2) is 17.7 Å². The predicted molar refractivity (Wildman–Crippen MR) is 92.7 cm³/mol. The number of fused-ring (bicyclic) bond motifs is 1. The number of hydrogen-bond donors (Lipinski definition) is 0. The number of hydrogen-bond acceptors (Lipinski definition) is 2. The van der Waals surface area contributed by atoms with Gasteiger partial charge in [-0.05, 0) is 86.0 Å². The van der Waals surface area contributed by atoms with Crippen molar-refractivity contribution >= 4 is 39.3 Å². The van der Waals surface area contributed by atoms with Crippen LogP contribution in [0.5, 0.6) is 0 Å². The molecule has 1 aromatic carbocycles. The Bertz CT molecular complexity index is 607. The molecule has 5 heteroatoms. The summed E-state index contributed by atoms with van der Waals surface area (Å²) in [7, 11) is 0. The number of anilines is 1. The van der Waals surface area contributed by atoms with Crippen molar-refractivity contribution in [2.24, 2.45) is 5.92 Å². The van der Waals surface area contributed by atoms with Gasteiger partial charge in [0.25, 0.3) is 0 Å². The maximum absolute atomic E-state index is 12.8. The number of amides is 1. The third-order valence-electron chi connectivity index (χ3n) is 4.15. The molecule has 0 bridgehead atoms. The molecule has 1 fully saturated rings. The Hall–Kier alpha value is -0.740. The Balaban J connectivity index is 2.01. The lowest BCUT2D eigenvalue weighted by Gasteiger charge is -2.39. The number of ether oxygens (including phenoxy) is 1. The molecule has 3 rings (SSSR count). The van der Waals surface area contributed by atoms with Crippen LogP contribution >= 0.6 is 27.5 Å². The fourth-order valence-corrected chi connectivity index (χ4v) is 4.21. The number of nitrogens with zero attached hydrogens (tertiary/aromatic N) is 1. The molecule has 1 unspecified atom stereocenters. The lowest BCUT2D eigenvalue weighted by Crippen LogP contribution is -2.47. The molecule has 1 atom stereocenters. The summed E-state index contributed by atoms with van der Waals surface area (Å²) in [6, 6.07) is 4.05. The zero-order valence-electron chi connectivity index (χ0n) is 13.2. The number of aryl methyl sites for hydroxylation is 1. The SMILES string of the molecule is CC(C)(C)OC(=O)N1c2c(Br)cc(Cl)cc2CCC1C1CC1. The third-order valence-corrected chi connectivity index (χ3v) is 4.97. The van der Waals surface area contributed by atoms with Crippen molar-refractivity contribution in [2.45, 2.75) is 58.1 Å². The summed E-state index contributed by atoms with van der Waals surface area (Å²) in [5.74, 6) is 0.600. The molecule has 0 spiro atoms. The van der Waals surface area contributed by atoms with Crippen LogP contribution in [0.15, 0.2) is 16.6 Å². The Labute approximate surface area is 145 Å². The standard InChI is InChI=1S/C17H21BrClNO2/c1-17(2,3)22-16(21)20-14(10-4-5-10)7-6-11-8-12(19)9-13(18)15(11)20/h8-10,14H,4-7H2,1-3H3. The first-order chi connectivity index (χ1) is 10.3. The lowest BCUT2D eigenvalue weighted by molar-refractivity contribution is 0.0555. The van der Waals surface area contributed by atoms with Gasteiger partial charge >= 0.3 is 6.09 Å². The van der Waals surface area contributed by atoms with Gasteiger partial charge in [-0.2, -0.15) is 0 Å². The molecular weight excluding hydrogens is 366 g/mol. The fraction of sp³-hybridized carbons (Fsp3) is 0.588. The molecule has 0 saturated heterocycles. The van der Waals surface area contributed by atoms with E-state index in [0.717, 1.165) is 28.6 Å². The smallest absolute Gasteiger partial charge is 0.415 e. The monoisotopic (exact) mass is 385 g/mol. The van der Waals surface area contributed by atoms with Crippen LogP contribution < -0.4 is 4.90 Å². The number of benzene rings is 1. The quantitative estimate of drug-likeness (QED) is 0.631. The summed E-state index contributed by atoms with van der Waals surface area (Å²) >= 11 is 9.75. The van der Waals surface area contributed by atoms with Crippen LogP contribution in [-0.2, 0) is 11.2 Å². The van der Waals surface area contributed by atoms with Gasteiger partial charge in [0, 0.05) is 15.5 Å². The number of carbonyl (C=O) groups is 1. The summed E-state index contributed by atoms with van der Waals surface area (Å²) in [6.45, 7) is 5.70. The van der Waals surface area contributed by atoms with Gasteiger partial charge in [0.2, 0.25) is 0 Å². The molecule has 1 amide bonds. The van der Waals surface area contributed by atoms with Crippen LogP contribution in [0.25, 0.3) is 0 Å². The second kappa shape index (κ2) is 5.72. The third kappa shape index (κ3) is 3.28. The predicted octanol–water partition coefficient (Wildman–Crippen LogP) is 5.57. The van der Waals surface area contributed by atoms with E-state index in [1.165, 1.54) is 12.8 Å². The zero-order chi connectivity index (χ0) is 16.1. The van der Waals surface area contributed by atoms with Gasteiger partial charge in [-0.15, -0.1) is 0 Å². The Morgan fingerprint density at radius 1 is 1.32 bits per heavy atom. The average molecular weight is 387 g/mol. The van der Waals surface area contributed by atoms with Crippen molar-refractivity contribution in [3.05, 3.63) is 27.2 Å². The van der Waals surface area contributed by atoms with Crippen LogP contribution in [0.4, 0.5) is 10.5 Å². The fourth-order valence-electron chi connectivity index (χ4n) is 3.14. The molecule has 0 N–H and O–H groups in total. The van der Waals surface area contributed by atoms with Gasteiger partial charge in [0.15, 0.2) is 0 Å². The minimum atomic E-state index is -0.498. The second-order valence-corrected chi connectivity index (χ2v) is 8.48. The summed E-state index contributed by atoms with van der Waals surface area (Å²) in [5.41, 5.74) is 1.55. The van der Waals surface area contributed by atoms with Crippen LogP contribution in [0, 0.1) is 5.92 Å². The molecular formula is C17H21BrClNO2. The van der Waals surface area contributed by atoms with Crippen LogP contribution in [0.2, 0.25) is 5.02 Å². The molecule has 120 valence electrons. The van der Waals surface area contributed by atoms with E-state index >= 15 is 0 Å². The number of carbonyl (C=O) groups excluding carboxylic acids is 1. The first-order valence-electron chi connectivity index (χ1n) is 7.76. The number of halogens is 2. The molecule has 1 aromatic rings. The van der Waals surface area contributed by atoms with Gasteiger partial charge in [0.05, 0.1) is 5.69 Å². The van der Waals surface area contributed by atoms with Crippen molar-refractivity contribution in [3.8, 4) is 0 Å². The zero-order valence-corrected chi connectivity index (χ0v) is 15.5. The molecule has 1 saturated carbocycles. The van der Waals surface area contributed by atoms with Crippen molar-refractivity contribution in [2.75, 3.05) is 4.90 Å². The summed E-state index contributed by atoms with van der Waals surface area (Å²) < 4.78 is 6.53. The summed E-state index contributed by atoms with van der Waals surface area (Å²) in [5, 5.41) is 0.694. The Morgan fingerprint density at radius 3 is 2.59 bits per heavy atom. The van der Waals surface area contributed by atoms with Crippen LogP contribution in [0.3, 0.4) is 0 Å². The van der Waals surface area contributed by atoms with Crippen LogP contribution in [0.1, 0.15) is 45.6 Å². The van der Waals surface area contributed by atoms with Crippen molar-refractivity contribution < 1.29 is 9.53 Å². The minimum Gasteiger partial charge on any atom is -0.443 e. The lowest BCUT2D eigenvalue weighted by atomic mass is 9.93. The van der Waals surface area contributed by atoms with E-state index in [0.29, 0.717) is 10.9 Å². The molecule has 2 aliphatic rings. The van der Waals surface area contributed by atoms with E-state index in [2.05, 4.69) is 15.9 Å². The van der Waals surface area contributed by atoms with Gasteiger partial charge in [-0.1, -0.05) is 11.6 Å². The largest absolute Gasteiger partial charge is 0.443 e. The van der Waals surface area contributed by atoms with Gasteiger partial charge in [-0.3, -0.25) is 4.90 Å². The topological polar surface area (TPSA) is 29.5 Å². The van der Waals surface area contributed by atoms with Gasteiger partial charge in [-0.25, -0.2) is 4.79 Å². The van der Waals surface area contributed by atoms with E-state index in [-0.39, 0.29) is 12.1 Å². The highest BCUT2D eigenvalue weighted by atomic mass is 79.9.